The van der Waals surface area contributed by atoms with Gasteiger partial charge in [-0.1, -0.05) is 6.92 Å². The van der Waals surface area contributed by atoms with Gasteiger partial charge in [0.05, 0.1) is 24.9 Å². The molecule has 3 rings (SSSR count). The second kappa shape index (κ2) is 5.91. The van der Waals surface area contributed by atoms with Gasteiger partial charge in [0.15, 0.2) is 11.6 Å². The van der Waals surface area contributed by atoms with Gasteiger partial charge in [0.2, 0.25) is 5.95 Å². The highest BCUT2D eigenvalue weighted by Crippen LogP contribution is 2.33. The number of hydrogen-bond acceptors (Lipinski definition) is 5. The maximum Gasteiger partial charge on any atom is 0.224 e. The van der Waals surface area contributed by atoms with Gasteiger partial charge < -0.3 is 15.0 Å². The zero-order chi connectivity index (χ0) is 13.9. The molecule has 2 atom stereocenters. The summed E-state index contributed by atoms with van der Waals surface area (Å²) >= 11 is 0. The highest BCUT2D eigenvalue weighted by Gasteiger charge is 2.37. The third-order valence-corrected chi connectivity index (χ3v) is 4.01. The highest BCUT2D eigenvalue weighted by atomic mass is 19.1. The number of nitrogens with one attached hydrogen (secondary N) is 1. The summed E-state index contributed by atoms with van der Waals surface area (Å²) < 4.78 is 19.9. The van der Waals surface area contributed by atoms with Gasteiger partial charge >= 0.3 is 0 Å². The molecule has 2 fully saturated rings. The number of rotatable bonds is 4. The first-order chi connectivity index (χ1) is 9.79. The molecule has 1 aliphatic carbocycles. The van der Waals surface area contributed by atoms with Gasteiger partial charge in [-0.05, 0) is 25.7 Å². The van der Waals surface area contributed by atoms with Crippen LogP contribution in [0.15, 0.2) is 6.20 Å². The largest absolute Gasteiger partial charge is 0.374 e. The maximum absolute atomic E-state index is 14.1. The number of anilines is 2. The minimum absolute atomic E-state index is 0.227. The van der Waals surface area contributed by atoms with Gasteiger partial charge in [-0.15, -0.1) is 0 Å². The minimum Gasteiger partial charge on any atom is -0.374 e. The standard InChI is InChI=1S/C14H21FN4O/c1-2-6-16-14-17-9-10(15)13(18-14)19-7-8-20-12-5-3-4-11(12)19/h9,11-12H,2-8H2,1H3,(H,16,17,18). The predicted octanol–water partition coefficient (Wildman–Crippen LogP) is 2.20. The summed E-state index contributed by atoms with van der Waals surface area (Å²) in [7, 11) is 0. The van der Waals surface area contributed by atoms with Crippen LogP contribution in [-0.4, -0.2) is 41.8 Å². The zero-order valence-electron chi connectivity index (χ0n) is 11.8. The molecule has 0 bridgehead atoms. The molecule has 2 heterocycles. The van der Waals surface area contributed by atoms with Crippen LogP contribution in [0.25, 0.3) is 0 Å². The topological polar surface area (TPSA) is 50.3 Å². The summed E-state index contributed by atoms with van der Waals surface area (Å²) in [6.45, 7) is 4.20. The van der Waals surface area contributed by atoms with E-state index in [0.29, 0.717) is 24.9 Å². The number of ether oxygens (including phenoxy) is 1. The lowest BCUT2D eigenvalue weighted by atomic mass is 10.1. The van der Waals surface area contributed by atoms with E-state index in [0.717, 1.165) is 32.2 Å². The Morgan fingerprint density at radius 2 is 2.40 bits per heavy atom. The first kappa shape index (κ1) is 13.5. The number of halogens is 1. The van der Waals surface area contributed by atoms with Crippen LogP contribution in [0.2, 0.25) is 0 Å². The molecule has 2 unspecified atom stereocenters. The smallest absolute Gasteiger partial charge is 0.224 e. The quantitative estimate of drug-likeness (QED) is 0.916. The number of aromatic nitrogens is 2. The van der Waals surface area contributed by atoms with Crippen LogP contribution in [0.5, 0.6) is 0 Å². The molecule has 1 aliphatic heterocycles. The fourth-order valence-electron chi connectivity index (χ4n) is 3.07. The van der Waals surface area contributed by atoms with Crippen molar-refractivity contribution in [3.8, 4) is 0 Å². The lowest BCUT2D eigenvalue weighted by Gasteiger charge is -2.38. The molecule has 110 valence electrons. The summed E-state index contributed by atoms with van der Waals surface area (Å²) in [5.74, 6) is 0.572. The lowest BCUT2D eigenvalue weighted by molar-refractivity contribution is 0.0250. The van der Waals surface area contributed by atoms with E-state index in [1.54, 1.807) is 0 Å². The van der Waals surface area contributed by atoms with Crippen molar-refractivity contribution >= 4 is 11.8 Å². The molecule has 0 aromatic carbocycles. The van der Waals surface area contributed by atoms with E-state index in [4.69, 9.17) is 4.74 Å². The Bertz CT molecular complexity index is 470. The average molecular weight is 280 g/mol. The van der Waals surface area contributed by atoms with Crippen LogP contribution in [0.3, 0.4) is 0 Å². The second-order valence-corrected chi connectivity index (χ2v) is 5.39. The number of morpholine rings is 1. The van der Waals surface area contributed by atoms with Crippen molar-refractivity contribution in [1.29, 1.82) is 0 Å². The predicted molar refractivity (Wildman–Crippen MR) is 75.5 cm³/mol. The van der Waals surface area contributed by atoms with E-state index in [9.17, 15) is 4.39 Å². The van der Waals surface area contributed by atoms with Crippen LogP contribution < -0.4 is 10.2 Å². The minimum atomic E-state index is -0.348. The Hall–Kier alpha value is -1.43. The molecule has 5 nitrogen and oxygen atoms in total. The van der Waals surface area contributed by atoms with Crippen LogP contribution in [0.1, 0.15) is 32.6 Å². The molecule has 0 radical (unpaired) electrons. The third-order valence-electron chi connectivity index (χ3n) is 4.01. The van der Waals surface area contributed by atoms with Gasteiger partial charge in [-0.2, -0.15) is 4.98 Å². The summed E-state index contributed by atoms with van der Waals surface area (Å²) in [6, 6.07) is 0.257. The molecular weight excluding hydrogens is 259 g/mol. The Labute approximate surface area is 118 Å². The molecule has 0 amide bonds. The number of fused-ring (bicyclic) bond motifs is 1. The third kappa shape index (κ3) is 2.57. The molecule has 1 N–H and O–H groups in total. The fraction of sp³-hybridized carbons (Fsp3) is 0.714. The lowest BCUT2D eigenvalue weighted by Crippen LogP contribution is -2.49. The molecule has 1 saturated heterocycles. The van der Waals surface area contributed by atoms with E-state index in [-0.39, 0.29) is 18.0 Å². The second-order valence-electron chi connectivity index (χ2n) is 5.39. The van der Waals surface area contributed by atoms with Crippen molar-refractivity contribution in [2.75, 3.05) is 29.9 Å². The molecule has 1 aromatic rings. The van der Waals surface area contributed by atoms with Crippen molar-refractivity contribution in [3.05, 3.63) is 12.0 Å². The van der Waals surface area contributed by atoms with E-state index in [1.807, 2.05) is 0 Å². The van der Waals surface area contributed by atoms with Crippen molar-refractivity contribution in [2.45, 2.75) is 44.8 Å². The molecule has 1 aromatic heterocycles. The average Bonchev–Trinajstić information content (AvgIpc) is 2.95. The van der Waals surface area contributed by atoms with Crippen molar-refractivity contribution in [2.24, 2.45) is 0 Å². The summed E-state index contributed by atoms with van der Waals surface area (Å²) in [5, 5.41) is 3.11. The van der Waals surface area contributed by atoms with Gasteiger partial charge in [0.1, 0.15) is 0 Å². The Kier molecular flexibility index (Phi) is 4.00. The van der Waals surface area contributed by atoms with E-state index >= 15 is 0 Å². The van der Waals surface area contributed by atoms with Crippen molar-refractivity contribution in [1.82, 2.24) is 9.97 Å². The Morgan fingerprint density at radius 1 is 1.50 bits per heavy atom. The Morgan fingerprint density at radius 3 is 3.25 bits per heavy atom. The van der Waals surface area contributed by atoms with Crippen LogP contribution in [0, 0.1) is 5.82 Å². The van der Waals surface area contributed by atoms with Crippen molar-refractivity contribution < 1.29 is 9.13 Å². The fourth-order valence-corrected chi connectivity index (χ4v) is 3.07. The highest BCUT2D eigenvalue weighted by molar-refractivity contribution is 5.46. The molecule has 1 saturated carbocycles. The molecule has 2 aliphatic rings. The van der Waals surface area contributed by atoms with Gasteiger partial charge in [0, 0.05) is 13.1 Å². The molecule has 20 heavy (non-hydrogen) atoms. The van der Waals surface area contributed by atoms with Gasteiger partial charge in [-0.25, -0.2) is 9.37 Å². The molecule has 0 spiro atoms. The summed E-state index contributed by atoms with van der Waals surface area (Å²) in [6.07, 6.45) is 5.73. The van der Waals surface area contributed by atoms with Gasteiger partial charge in [0.25, 0.3) is 0 Å². The van der Waals surface area contributed by atoms with E-state index in [1.165, 1.54) is 6.20 Å². The number of nitrogens with zero attached hydrogens (tertiary/aromatic N) is 3. The first-order valence-electron chi connectivity index (χ1n) is 7.44. The summed E-state index contributed by atoms with van der Waals surface area (Å²) in [4.78, 5) is 10.4. The van der Waals surface area contributed by atoms with E-state index < -0.39 is 0 Å². The maximum atomic E-state index is 14.1. The number of hydrogen-bond donors (Lipinski definition) is 1. The van der Waals surface area contributed by atoms with Gasteiger partial charge in [-0.3, -0.25) is 0 Å². The van der Waals surface area contributed by atoms with E-state index in [2.05, 4.69) is 27.1 Å². The molecular formula is C14H21FN4O. The first-order valence-corrected chi connectivity index (χ1v) is 7.44. The molecule has 6 heteroatoms. The van der Waals surface area contributed by atoms with Crippen LogP contribution in [0.4, 0.5) is 16.2 Å². The normalized spacial score (nSPS) is 25.6. The Balaban J connectivity index is 1.84. The SMILES string of the molecule is CCCNc1ncc(F)c(N2CCOC3CCCC32)n1. The summed E-state index contributed by atoms with van der Waals surface area (Å²) in [5.41, 5.74) is 0. The zero-order valence-corrected chi connectivity index (χ0v) is 11.8. The van der Waals surface area contributed by atoms with Crippen LogP contribution in [-0.2, 0) is 4.74 Å². The van der Waals surface area contributed by atoms with Crippen LogP contribution >= 0.6 is 0 Å². The van der Waals surface area contributed by atoms with Crippen molar-refractivity contribution in [3.63, 3.8) is 0 Å². The monoisotopic (exact) mass is 280 g/mol.